The van der Waals surface area contributed by atoms with E-state index in [1.54, 1.807) is 12.1 Å². The van der Waals surface area contributed by atoms with Gasteiger partial charge in [0, 0.05) is 42.3 Å². The second kappa shape index (κ2) is 8.66. The monoisotopic (exact) mass is 354 g/mol. The van der Waals surface area contributed by atoms with Gasteiger partial charge in [-0.25, -0.2) is 4.39 Å². The van der Waals surface area contributed by atoms with Gasteiger partial charge >= 0.3 is 0 Å². The first-order valence-corrected chi connectivity index (χ1v) is 8.52. The lowest BCUT2D eigenvalue weighted by molar-refractivity contribution is 0.159. The van der Waals surface area contributed by atoms with Crippen LogP contribution < -0.4 is 5.32 Å². The lowest BCUT2D eigenvalue weighted by Gasteiger charge is -2.35. The van der Waals surface area contributed by atoms with E-state index in [1.807, 2.05) is 12.1 Å². The zero-order valence-electron chi connectivity index (χ0n) is 12.5. The Morgan fingerprint density at radius 1 is 1.33 bits per heavy atom. The average Bonchev–Trinajstić information content (AvgIpc) is 2.51. The average molecular weight is 355 g/mol. The molecule has 0 amide bonds. The molecule has 0 aliphatic carbocycles. The molecular formula is C17H24BrFN2. The second-order valence-corrected chi connectivity index (χ2v) is 6.46. The highest BCUT2D eigenvalue weighted by Crippen LogP contribution is 2.31. The Morgan fingerprint density at radius 3 is 2.81 bits per heavy atom. The molecule has 0 saturated carbocycles. The molecule has 0 radical (unpaired) electrons. The molecule has 1 heterocycles. The number of benzene rings is 1. The van der Waals surface area contributed by atoms with Gasteiger partial charge in [-0.1, -0.05) is 28.4 Å². The van der Waals surface area contributed by atoms with Crippen LogP contribution in [0.2, 0.25) is 0 Å². The number of piperazine rings is 1. The van der Waals surface area contributed by atoms with Crippen molar-refractivity contribution in [3.8, 4) is 0 Å². The minimum Gasteiger partial charge on any atom is -0.314 e. The molecule has 2 nitrogen and oxygen atoms in total. The standard InChI is InChI=1S/C17H24BrFN2/c1-2-3-4-5-6-17(21-11-9-20-10-12-21)15-13-14(18)7-8-16(15)19/h2,7-8,13,17,20H,1,3-6,9-12H2/t17-/m0/s1. The summed E-state index contributed by atoms with van der Waals surface area (Å²) in [5, 5.41) is 3.37. The minimum atomic E-state index is -0.0922. The third-order valence-corrected chi connectivity index (χ3v) is 4.54. The molecule has 1 atom stereocenters. The lowest BCUT2D eigenvalue weighted by Crippen LogP contribution is -2.45. The van der Waals surface area contributed by atoms with Crippen LogP contribution in [0.1, 0.15) is 37.3 Å². The van der Waals surface area contributed by atoms with E-state index in [0.717, 1.165) is 61.9 Å². The van der Waals surface area contributed by atoms with Gasteiger partial charge in [-0.2, -0.15) is 0 Å². The number of nitrogens with zero attached hydrogens (tertiary/aromatic N) is 1. The summed E-state index contributed by atoms with van der Waals surface area (Å²) < 4.78 is 15.2. The largest absolute Gasteiger partial charge is 0.314 e. The highest BCUT2D eigenvalue weighted by molar-refractivity contribution is 9.10. The van der Waals surface area contributed by atoms with Gasteiger partial charge in [-0.15, -0.1) is 6.58 Å². The smallest absolute Gasteiger partial charge is 0.128 e. The lowest BCUT2D eigenvalue weighted by atomic mass is 9.97. The van der Waals surface area contributed by atoms with Crippen molar-refractivity contribution in [1.29, 1.82) is 0 Å². The topological polar surface area (TPSA) is 15.3 Å². The molecule has 1 aromatic rings. The molecule has 4 heteroatoms. The van der Waals surface area contributed by atoms with Gasteiger partial charge in [-0.05, 0) is 37.5 Å². The van der Waals surface area contributed by atoms with Gasteiger partial charge in [0.2, 0.25) is 0 Å². The number of rotatable bonds is 7. The minimum absolute atomic E-state index is 0.0922. The van der Waals surface area contributed by atoms with E-state index in [4.69, 9.17) is 0 Å². The Morgan fingerprint density at radius 2 is 2.10 bits per heavy atom. The summed E-state index contributed by atoms with van der Waals surface area (Å²) in [7, 11) is 0. The third-order valence-electron chi connectivity index (χ3n) is 4.05. The number of unbranched alkanes of at least 4 members (excludes halogenated alkanes) is 2. The van der Waals surface area contributed by atoms with Crippen LogP contribution in [-0.2, 0) is 0 Å². The zero-order valence-corrected chi connectivity index (χ0v) is 14.0. The molecule has 1 saturated heterocycles. The van der Waals surface area contributed by atoms with Crippen molar-refractivity contribution in [3.05, 3.63) is 46.7 Å². The number of halogens is 2. The van der Waals surface area contributed by atoms with E-state index >= 15 is 0 Å². The second-order valence-electron chi connectivity index (χ2n) is 5.54. The summed E-state index contributed by atoms with van der Waals surface area (Å²) >= 11 is 3.47. The Balaban J connectivity index is 2.13. The Hall–Kier alpha value is -0.710. The van der Waals surface area contributed by atoms with E-state index in [9.17, 15) is 4.39 Å². The molecule has 0 unspecified atom stereocenters. The summed E-state index contributed by atoms with van der Waals surface area (Å²) in [4.78, 5) is 2.41. The van der Waals surface area contributed by atoms with E-state index in [1.165, 1.54) is 0 Å². The number of hydrogen-bond donors (Lipinski definition) is 1. The van der Waals surface area contributed by atoms with Crippen LogP contribution >= 0.6 is 15.9 Å². The summed E-state index contributed by atoms with van der Waals surface area (Å²) in [5.41, 5.74) is 0.824. The van der Waals surface area contributed by atoms with Crippen molar-refractivity contribution in [3.63, 3.8) is 0 Å². The summed E-state index contributed by atoms with van der Waals surface area (Å²) in [6, 6.07) is 5.45. The van der Waals surface area contributed by atoms with Crippen LogP contribution in [0.15, 0.2) is 35.3 Å². The first kappa shape index (κ1) is 16.7. The maximum Gasteiger partial charge on any atom is 0.128 e. The van der Waals surface area contributed by atoms with Gasteiger partial charge in [0.25, 0.3) is 0 Å². The maximum atomic E-state index is 14.3. The Kier molecular flexibility index (Phi) is 6.87. The van der Waals surface area contributed by atoms with Crippen LogP contribution in [-0.4, -0.2) is 31.1 Å². The molecule has 116 valence electrons. The third kappa shape index (κ3) is 4.90. The molecule has 1 aliphatic rings. The Labute approximate surface area is 135 Å². The zero-order chi connectivity index (χ0) is 15.1. The fraction of sp³-hybridized carbons (Fsp3) is 0.529. The van der Waals surface area contributed by atoms with Crippen LogP contribution in [0.4, 0.5) is 4.39 Å². The van der Waals surface area contributed by atoms with Crippen LogP contribution in [0, 0.1) is 5.82 Å². The van der Waals surface area contributed by atoms with E-state index in [-0.39, 0.29) is 11.9 Å². The molecule has 21 heavy (non-hydrogen) atoms. The maximum absolute atomic E-state index is 14.3. The first-order chi connectivity index (χ1) is 10.2. The molecule has 1 fully saturated rings. The fourth-order valence-electron chi connectivity index (χ4n) is 2.92. The van der Waals surface area contributed by atoms with Crippen molar-refractivity contribution in [2.45, 2.75) is 31.7 Å². The predicted octanol–water partition coefficient (Wildman–Crippen LogP) is 4.28. The van der Waals surface area contributed by atoms with E-state index < -0.39 is 0 Å². The molecule has 0 bridgehead atoms. The van der Waals surface area contributed by atoms with Crippen LogP contribution in [0.25, 0.3) is 0 Å². The normalized spacial score (nSPS) is 17.6. The summed E-state index contributed by atoms with van der Waals surface area (Å²) in [5.74, 6) is -0.0922. The molecule has 1 aliphatic heterocycles. The highest BCUT2D eigenvalue weighted by Gasteiger charge is 2.24. The Bertz CT molecular complexity index is 458. The van der Waals surface area contributed by atoms with Gasteiger partial charge in [0.15, 0.2) is 0 Å². The molecule has 0 aromatic heterocycles. The van der Waals surface area contributed by atoms with Crippen molar-refractivity contribution >= 4 is 15.9 Å². The molecule has 1 N–H and O–H groups in total. The summed E-state index contributed by atoms with van der Waals surface area (Å²) in [6.45, 7) is 7.70. The van der Waals surface area contributed by atoms with Crippen LogP contribution in [0.3, 0.4) is 0 Å². The van der Waals surface area contributed by atoms with E-state index in [0.29, 0.717) is 0 Å². The van der Waals surface area contributed by atoms with Gasteiger partial charge in [0.1, 0.15) is 5.82 Å². The van der Waals surface area contributed by atoms with Gasteiger partial charge < -0.3 is 5.32 Å². The van der Waals surface area contributed by atoms with E-state index in [2.05, 4.69) is 32.7 Å². The number of hydrogen-bond acceptors (Lipinski definition) is 2. The van der Waals surface area contributed by atoms with Gasteiger partial charge in [-0.3, -0.25) is 4.90 Å². The quantitative estimate of drug-likeness (QED) is 0.580. The predicted molar refractivity (Wildman–Crippen MR) is 89.9 cm³/mol. The summed E-state index contributed by atoms with van der Waals surface area (Å²) in [6.07, 6.45) is 6.23. The van der Waals surface area contributed by atoms with Gasteiger partial charge in [0.05, 0.1) is 0 Å². The highest BCUT2D eigenvalue weighted by atomic mass is 79.9. The molecule has 2 rings (SSSR count). The molecular weight excluding hydrogens is 331 g/mol. The van der Waals surface area contributed by atoms with Crippen molar-refractivity contribution in [1.82, 2.24) is 10.2 Å². The fourth-order valence-corrected chi connectivity index (χ4v) is 3.30. The van der Waals surface area contributed by atoms with Crippen molar-refractivity contribution in [2.75, 3.05) is 26.2 Å². The molecule has 0 spiro atoms. The molecule has 1 aromatic carbocycles. The number of allylic oxidation sites excluding steroid dienone is 1. The van der Waals surface area contributed by atoms with Crippen LogP contribution in [0.5, 0.6) is 0 Å². The SMILES string of the molecule is C=CCCCC[C@@H](c1cc(Br)ccc1F)N1CCNCC1. The number of nitrogens with one attached hydrogen (secondary N) is 1. The van der Waals surface area contributed by atoms with Crippen molar-refractivity contribution in [2.24, 2.45) is 0 Å². The van der Waals surface area contributed by atoms with Crippen molar-refractivity contribution < 1.29 is 4.39 Å². The first-order valence-electron chi connectivity index (χ1n) is 7.73.